The smallest absolute Gasteiger partial charge is 0.182 e. The van der Waals surface area contributed by atoms with Crippen molar-refractivity contribution < 1.29 is 4.21 Å². The molecule has 1 aromatic carbocycles. The number of anilines is 1. The summed E-state index contributed by atoms with van der Waals surface area (Å²) in [6, 6.07) is 5.60. The van der Waals surface area contributed by atoms with Crippen LogP contribution in [-0.2, 0) is 17.3 Å². The van der Waals surface area contributed by atoms with E-state index in [0.717, 1.165) is 11.1 Å². The van der Waals surface area contributed by atoms with Gasteiger partial charge in [-0.2, -0.15) is 0 Å². The normalized spacial score (nSPS) is 12.6. The lowest BCUT2D eigenvalue weighted by Gasteiger charge is -2.07. The molecular formula is C11H15N5OS. The highest BCUT2D eigenvalue weighted by molar-refractivity contribution is 7.84. The molecule has 1 heterocycles. The largest absolute Gasteiger partial charge is 0.399 e. The fraction of sp³-hybridized carbons (Fsp3) is 0.364. The lowest BCUT2D eigenvalue weighted by atomic mass is 10.1. The van der Waals surface area contributed by atoms with Crippen molar-refractivity contribution in [1.82, 2.24) is 20.2 Å². The van der Waals surface area contributed by atoms with Crippen LogP contribution in [0.4, 0.5) is 5.69 Å². The van der Waals surface area contributed by atoms with E-state index in [9.17, 15) is 4.21 Å². The highest BCUT2D eigenvalue weighted by atomic mass is 32.2. The van der Waals surface area contributed by atoms with Gasteiger partial charge in [0.15, 0.2) is 5.82 Å². The Morgan fingerprint density at radius 2 is 2.22 bits per heavy atom. The van der Waals surface area contributed by atoms with Gasteiger partial charge in [-0.25, -0.2) is 4.68 Å². The second-order valence-electron chi connectivity index (χ2n) is 4.08. The Labute approximate surface area is 108 Å². The van der Waals surface area contributed by atoms with E-state index in [4.69, 9.17) is 5.73 Å². The molecule has 2 N–H and O–H groups in total. The van der Waals surface area contributed by atoms with E-state index in [1.165, 1.54) is 0 Å². The molecule has 2 rings (SSSR count). The minimum absolute atomic E-state index is 0.534. The Morgan fingerprint density at radius 1 is 1.44 bits per heavy atom. The molecule has 7 heteroatoms. The maximum atomic E-state index is 11.1. The summed E-state index contributed by atoms with van der Waals surface area (Å²) in [5, 5.41) is 11.6. The minimum atomic E-state index is -0.860. The highest BCUT2D eigenvalue weighted by Crippen LogP contribution is 2.22. The molecule has 0 bridgehead atoms. The third kappa shape index (κ3) is 2.73. The van der Waals surface area contributed by atoms with Crippen LogP contribution in [-0.4, -0.2) is 36.4 Å². The Kier molecular flexibility index (Phi) is 3.71. The van der Waals surface area contributed by atoms with E-state index in [1.54, 1.807) is 10.9 Å². The first-order valence-electron chi connectivity index (χ1n) is 5.50. The van der Waals surface area contributed by atoms with Gasteiger partial charge in [-0.05, 0) is 41.1 Å². The summed E-state index contributed by atoms with van der Waals surface area (Å²) in [4.78, 5) is 0. The number of nitrogens with zero attached hydrogens (tertiary/aromatic N) is 4. The number of benzene rings is 1. The molecule has 1 unspecified atom stereocenters. The molecule has 0 amide bonds. The zero-order valence-corrected chi connectivity index (χ0v) is 11.1. The fourth-order valence-corrected chi connectivity index (χ4v) is 2.13. The monoisotopic (exact) mass is 265 g/mol. The third-order valence-electron chi connectivity index (χ3n) is 2.61. The third-order valence-corrected chi connectivity index (χ3v) is 3.37. The summed E-state index contributed by atoms with van der Waals surface area (Å²) in [7, 11) is -0.860. The zero-order chi connectivity index (χ0) is 13.1. The average molecular weight is 265 g/mol. The van der Waals surface area contributed by atoms with Gasteiger partial charge < -0.3 is 5.73 Å². The molecule has 0 aliphatic carbocycles. The number of nitrogens with two attached hydrogens (primary N) is 1. The standard InChI is InChI=1S/C11H15N5OS/c1-8-7-9(12)3-4-10(8)11-13-14-15-16(11)5-6-18(2)17/h3-4,7H,5-6,12H2,1-2H3. The first-order chi connectivity index (χ1) is 8.58. The summed E-state index contributed by atoms with van der Waals surface area (Å²) in [6.45, 7) is 2.50. The molecule has 18 heavy (non-hydrogen) atoms. The van der Waals surface area contributed by atoms with Gasteiger partial charge in [-0.3, -0.25) is 4.21 Å². The van der Waals surface area contributed by atoms with E-state index in [-0.39, 0.29) is 0 Å². The lowest BCUT2D eigenvalue weighted by molar-refractivity contribution is 0.625. The summed E-state index contributed by atoms with van der Waals surface area (Å²) >= 11 is 0. The molecule has 1 aromatic heterocycles. The predicted molar refractivity (Wildman–Crippen MR) is 71.3 cm³/mol. The summed E-state index contributed by atoms with van der Waals surface area (Å²) < 4.78 is 12.8. The Balaban J connectivity index is 2.33. The second kappa shape index (κ2) is 5.26. The van der Waals surface area contributed by atoms with Crippen LogP contribution in [0, 0.1) is 6.92 Å². The van der Waals surface area contributed by atoms with Crippen molar-refractivity contribution in [2.75, 3.05) is 17.7 Å². The average Bonchev–Trinajstić information content (AvgIpc) is 2.74. The van der Waals surface area contributed by atoms with E-state index >= 15 is 0 Å². The van der Waals surface area contributed by atoms with Gasteiger partial charge in [0.05, 0.1) is 6.54 Å². The molecule has 2 aromatic rings. The van der Waals surface area contributed by atoms with Crippen molar-refractivity contribution in [3.05, 3.63) is 23.8 Å². The number of nitrogen functional groups attached to an aromatic ring is 1. The van der Waals surface area contributed by atoms with Crippen LogP contribution >= 0.6 is 0 Å². The zero-order valence-electron chi connectivity index (χ0n) is 10.3. The molecule has 0 radical (unpaired) electrons. The maximum Gasteiger partial charge on any atom is 0.182 e. The quantitative estimate of drug-likeness (QED) is 0.818. The van der Waals surface area contributed by atoms with Crippen LogP contribution in [0.5, 0.6) is 0 Å². The minimum Gasteiger partial charge on any atom is -0.399 e. The molecule has 0 spiro atoms. The van der Waals surface area contributed by atoms with Crippen LogP contribution < -0.4 is 5.73 Å². The predicted octanol–water partition coefficient (Wildman–Crippen LogP) is 0.609. The fourth-order valence-electron chi connectivity index (χ4n) is 1.70. The van der Waals surface area contributed by atoms with Gasteiger partial charge >= 0.3 is 0 Å². The summed E-state index contributed by atoms with van der Waals surface area (Å²) in [5.74, 6) is 1.21. The second-order valence-corrected chi connectivity index (χ2v) is 5.63. The van der Waals surface area contributed by atoms with Crippen LogP contribution in [0.15, 0.2) is 18.2 Å². The van der Waals surface area contributed by atoms with Gasteiger partial charge in [0, 0.05) is 34.1 Å². The Hall–Kier alpha value is -1.76. The molecule has 0 aliphatic rings. The van der Waals surface area contributed by atoms with E-state index in [2.05, 4.69) is 15.5 Å². The molecule has 0 saturated carbocycles. The molecule has 1 atom stereocenters. The number of hydrogen-bond donors (Lipinski definition) is 1. The van der Waals surface area contributed by atoms with Crippen molar-refractivity contribution in [1.29, 1.82) is 0 Å². The molecule has 0 aliphatic heterocycles. The SMILES string of the molecule is Cc1cc(N)ccc1-c1nnnn1CCS(C)=O. The topological polar surface area (TPSA) is 86.7 Å². The van der Waals surface area contributed by atoms with Gasteiger partial charge in [-0.1, -0.05) is 0 Å². The van der Waals surface area contributed by atoms with Gasteiger partial charge in [0.25, 0.3) is 0 Å². The first-order valence-corrected chi connectivity index (χ1v) is 7.23. The number of rotatable bonds is 4. The number of hydrogen-bond acceptors (Lipinski definition) is 5. The number of tetrazole rings is 1. The van der Waals surface area contributed by atoms with Crippen molar-refractivity contribution >= 4 is 16.5 Å². The first kappa shape index (κ1) is 12.7. The van der Waals surface area contributed by atoms with E-state index in [0.29, 0.717) is 23.8 Å². The maximum absolute atomic E-state index is 11.1. The van der Waals surface area contributed by atoms with E-state index in [1.807, 2.05) is 25.1 Å². The van der Waals surface area contributed by atoms with Crippen molar-refractivity contribution in [3.63, 3.8) is 0 Å². The highest BCUT2D eigenvalue weighted by Gasteiger charge is 2.11. The molecular weight excluding hydrogens is 250 g/mol. The van der Waals surface area contributed by atoms with Gasteiger partial charge in [0.1, 0.15) is 0 Å². The molecule has 96 valence electrons. The number of aryl methyl sites for hydroxylation is 2. The summed E-state index contributed by atoms with van der Waals surface area (Å²) in [5.41, 5.74) is 8.39. The van der Waals surface area contributed by atoms with Crippen molar-refractivity contribution in [2.24, 2.45) is 0 Å². The Bertz CT molecular complexity index is 581. The lowest BCUT2D eigenvalue weighted by Crippen LogP contribution is -2.10. The molecule has 0 saturated heterocycles. The van der Waals surface area contributed by atoms with Crippen LogP contribution in [0.1, 0.15) is 5.56 Å². The van der Waals surface area contributed by atoms with Crippen LogP contribution in [0.3, 0.4) is 0 Å². The molecule has 0 fully saturated rings. The van der Waals surface area contributed by atoms with Gasteiger partial charge in [0.2, 0.25) is 0 Å². The van der Waals surface area contributed by atoms with Crippen molar-refractivity contribution in [3.8, 4) is 11.4 Å². The Morgan fingerprint density at radius 3 is 2.89 bits per heavy atom. The summed E-state index contributed by atoms with van der Waals surface area (Å²) in [6.07, 6.45) is 1.67. The molecule has 6 nitrogen and oxygen atoms in total. The van der Waals surface area contributed by atoms with Crippen LogP contribution in [0.25, 0.3) is 11.4 Å². The van der Waals surface area contributed by atoms with Crippen LogP contribution in [0.2, 0.25) is 0 Å². The number of aromatic nitrogens is 4. The van der Waals surface area contributed by atoms with Crippen molar-refractivity contribution in [2.45, 2.75) is 13.5 Å². The van der Waals surface area contributed by atoms with E-state index < -0.39 is 10.8 Å². The van der Waals surface area contributed by atoms with Gasteiger partial charge in [-0.15, -0.1) is 5.10 Å².